The number of likely N-dealkylation sites (N-methyl/N-ethyl adjacent to an activating group) is 1. The number of carbonyl (C=O) groups is 1. The van der Waals surface area contributed by atoms with Gasteiger partial charge in [0, 0.05) is 20.6 Å². The minimum Gasteiger partial charge on any atom is -0.350 e. The molecule has 5 heteroatoms. The van der Waals surface area contributed by atoms with Gasteiger partial charge in [-0.3, -0.25) is 4.79 Å². The number of nitrogens with one attached hydrogen (secondary N) is 1. The first kappa shape index (κ1) is 15.5. The number of benzene rings is 1. The Labute approximate surface area is 137 Å². The molecule has 1 aromatic carbocycles. The zero-order valence-corrected chi connectivity index (χ0v) is 14.4. The Morgan fingerprint density at radius 3 is 2.55 bits per heavy atom. The molecule has 0 bridgehead atoms. The molecule has 0 aliphatic rings. The molecule has 2 rings (SSSR count). The lowest BCUT2D eigenvalue weighted by Gasteiger charge is -2.23. The van der Waals surface area contributed by atoms with Crippen molar-refractivity contribution in [2.75, 3.05) is 20.6 Å². The number of amides is 1. The standard InChI is InChI=1S/C15H17IN2OS/c1-18(2)13(14-4-3-9-20-14)10-17-15(19)11-5-7-12(16)8-6-11/h3-9,13H,10H2,1-2H3,(H,17,19)/t13-/m1/s1. The Balaban J connectivity index is 1.99. The number of carbonyl (C=O) groups excluding carboxylic acids is 1. The molecule has 2 aromatic rings. The summed E-state index contributed by atoms with van der Waals surface area (Å²) in [4.78, 5) is 15.5. The van der Waals surface area contributed by atoms with Crippen molar-refractivity contribution in [2.24, 2.45) is 0 Å². The van der Waals surface area contributed by atoms with E-state index in [0.29, 0.717) is 12.1 Å². The summed E-state index contributed by atoms with van der Waals surface area (Å²) >= 11 is 3.95. The second-order valence-electron chi connectivity index (χ2n) is 4.71. The summed E-state index contributed by atoms with van der Waals surface area (Å²) in [6.45, 7) is 0.609. The van der Waals surface area contributed by atoms with Crippen molar-refractivity contribution in [1.82, 2.24) is 10.2 Å². The summed E-state index contributed by atoms with van der Waals surface area (Å²) in [5.41, 5.74) is 0.703. The zero-order chi connectivity index (χ0) is 14.5. The molecule has 0 aliphatic heterocycles. The van der Waals surface area contributed by atoms with E-state index in [9.17, 15) is 4.79 Å². The highest BCUT2D eigenvalue weighted by Crippen LogP contribution is 2.22. The largest absolute Gasteiger partial charge is 0.350 e. The summed E-state index contributed by atoms with van der Waals surface area (Å²) in [5.74, 6) is -0.0233. The smallest absolute Gasteiger partial charge is 0.251 e. The van der Waals surface area contributed by atoms with Crippen LogP contribution in [-0.4, -0.2) is 31.4 Å². The van der Waals surface area contributed by atoms with Crippen molar-refractivity contribution in [3.63, 3.8) is 0 Å². The van der Waals surface area contributed by atoms with Gasteiger partial charge in [-0.15, -0.1) is 11.3 Å². The van der Waals surface area contributed by atoms with Gasteiger partial charge in [0.15, 0.2) is 0 Å². The number of nitrogens with zero attached hydrogens (tertiary/aromatic N) is 1. The lowest BCUT2D eigenvalue weighted by Crippen LogP contribution is -2.34. The highest BCUT2D eigenvalue weighted by Gasteiger charge is 2.16. The first-order chi connectivity index (χ1) is 9.58. The normalized spacial score (nSPS) is 12.4. The van der Waals surface area contributed by atoms with Gasteiger partial charge < -0.3 is 10.2 Å². The highest BCUT2D eigenvalue weighted by atomic mass is 127. The van der Waals surface area contributed by atoms with E-state index in [1.54, 1.807) is 11.3 Å². The lowest BCUT2D eigenvalue weighted by atomic mass is 10.2. The molecule has 3 nitrogen and oxygen atoms in total. The van der Waals surface area contributed by atoms with Crippen LogP contribution in [0.1, 0.15) is 21.3 Å². The van der Waals surface area contributed by atoms with Crippen LogP contribution in [0.2, 0.25) is 0 Å². The van der Waals surface area contributed by atoms with E-state index in [1.165, 1.54) is 4.88 Å². The van der Waals surface area contributed by atoms with E-state index >= 15 is 0 Å². The van der Waals surface area contributed by atoms with Gasteiger partial charge in [0.1, 0.15) is 0 Å². The third-order valence-electron chi connectivity index (χ3n) is 3.06. The van der Waals surface area contributed by atoms with Gasteiger partial charge in [-0.25, -0.2) is 0 Å². The number of thiophene rings is 1. The van der Waals surface area contributed by atoms with Gasteiger partial charge in [0.25, 0.3) is 5.91 Å². The summed E-state index contributed by atoms with van der Waals surface area (Å²) in [6, 6.07) is 11.9. The highest BCUT2D eigenvalue weighted by molar-refractivity contribution is 14.1. The number of rotatable bonds is 5. The fourth-order valence-corrected chi connectivity index (χ4v) is 3.19. The molecular weight excluding hydrogens is 383 g/mol. The van der Waals surface area contributed by atoms with Crippen LogP contribution in [0.3, 0.4) is 0 Å². The molecule has 1 N–H and O–H groups in total. The zero-order valence-electron chi connectivity index (χ0n) is 11.5. The minimum atomic E-state index is -0.0233. The van der Waals surface area contributed by atoms with Crippen molar-refractivity contribution in [2.45, 2.75) is 6.04 Å². The molecule has 1 atom stereocenters. The van der Waals surface area contributed by atoms with Crippen molar-refractivity contribution >= 4 is 39.8 Å². The molecule has 0 fully saturated rings. The monoisotopic (exact) mass is 400 g/mol. The Hall–Kier alpha value is -0.920. The van der Waals surface area contributed by atoms with E-state index < -0.39 is 0 Å². The average Bonchev–Trinajstić information content (AvgIpc) is 2.93. The molecule has 0 radical (unpaired) electrons. The van der Waals surface area contributed by atoms with E-state index in [4.69, 9.17) is 0 Å². The Bertz CT molecular complexity index is 552. The quantitative estimate of drug-likeness (QED) is 0.781. The molecular formula is C15H17IN2OS. The van der Waals surface area contributed by atoms with Crippen LogP contribution >= 0.6 is 33.9 Å². The molecule has 106 valence electrons. The topological polar surface area (TPSA) is 32.3 Å². The van der Waals surface area contributed by atoms with Crippen LogP contribution in [0.15, 0.2) is 41.8 Å². The van der Waals surface area contributed by atoms with Gasteiger partial charge in [-0.05, 0) is 72.4 Å². The number of hydrogen-bond donors (Lipinski definition) is 1. The molecule has 1 heterocycles. The van der Waals surface area contributed by atoms with Crippen molar-refractivity contribution in [3.05, 3.63) is 55.8 Å². The second kappa shape index (κ2) is 7.19. The predicted octanol–water partition coefficient (Wildman–Crippen LogP) is 3.39. The third kappa shape index (κ3) is 4.04. The van der Waals surface area contributed by atoms with Crippen molar-refractivity contribution in [3.8, 4) is 0 Å². The SMILES string of the molecule is CN(C)[C@H](CNC(=O)c1ccc(I)cc1)c1cccs1. The number of halogens is 1. The molecule has 1 amide bonds. The van der Waals surface area contributed by atoms with Crippen LogP contribution in [0.25, 0.3) is 0 Å². The maximum absolute atomic E-state index is 12.1. The van der Waals surface area contributed by atoms with Crippen LogP contribution in [0, 0.1) is 3.57 Å². The molecule has 0 saturated heterocycles. The van der Waals surface area contributed by atoms with Crippen molar-refractivity contribution in [1.29, 1.82) is 0 Å². The predicted molar refractivity (Wildman–Crippen MR) is 92.2 cm³/mol. The molecule has 1 aromatic heterocycles. The maximum atomic E-state index is 12.1. The first-order valence-corrected chi connectivity index (χ1v) is 8.27. The van der Waals surface area contributed by atoms with E-state index in [0.717, 1.165) is 3.57 Å². The minimum absolute atomic E-state index is 0.0233. The molecule has 0 unspecified atom stereocenters. The number of hydrogen-bond acceptors (Lipinski definition) is 3. The Morgan fingerprint density at radius 2 is 2.00 bits per heavy atom. The van der Waals surface area contributed by atoms with Gasteiger partial charge in [-0.1, -0.05) is 6.07 Å². The van der Waals surface area contributed by atoms with E-state index in [-0.39, 0.29) is 11.9 Å². The summed E-state index contributed by atoms with van der Waals surface area (Å²) in [5, 5.41) is 5.07. The summed E-state index contributed by atoms with van der Waals surface area (Å²) in [6.07, 6.45) is 0. The van der Waals surface area contributed by atoms with Crippen LogP contribution in [0.5, 0.6) is 0 Å². The molecule has 0 spiro atoms. The summed E-state index contributed by atoms with van der Waals surface area (Å²) in [7, 11) is 4.06. The molecule has 0 saturated carbocycles. The van der Waals surface area contributed by atoms with E-state index in [1.807, 2.05) is 44.4 Å². The van der Waals surface area contributed by atoms with Crippen LogP contribution < -0.4 is 5.32 Å². The Morgan fingerprint density at radius 1 is 1.30 bits per heavy atom. The van der Waals surface area contributed by atoms with Crippen molar-refractivity contribution < 1.29 is 4.79 Å². The van der Waals surface area contributed by atoms with Gasteiger partial charge in [0.05, 0.1) is 6.04 Å². The van der Waals surface area contributed by atoms with Crippen LogP contribution in [-0.2, 0) is 0 Å². The van der Waals surface area contributed by atoms with E-state index in [2.05, 4.69) is 44.3 Å². The molecule has 20 heavy (non-hydrogen) atoms. The first-order valence-electron chi connectivity index (χ1n) is 6.31. The summed E-state index contributed by atoms with van der Waals surface area (Å²) < 4.78 is 1.13. The second-order valence-corrected chi connectivity index (χ2v) is 6.94. The van der Waals surface area contributed by atoms with Gasteiger partial charge in [-0.2, -0.15) is 0 Å². The Kier molecular flexibility index (Phi) is 5.56. The van der Waals surface area contributed by atoms with Gasteiger partial charge in [0.2, 0.25) is 0 Å². The maximum Gasteiger partial charge on any atom is 0.251 e. The fraction of sp³-hybridized carbons (Fsp3) is 0.267. The molecule has 0 aliphatic carbocycles. The third-order valence-corrected chi connectivity index (χ3v) is 4.75. The lowest BCUT2D eigenvalue weighted by molar-refractivity contribution is 0.0942. The van der Waals surface area contributed by atoms with Gasteiger partial charge >= 0.3 is 0 Å². The van der Waals surface area contributed by atoms with Crippen LogP contribution in [0.4, 0.5) is 0 Å². The fourth-order valence-electron chi connectivity index (χ4n) is 1.91. The average molecular weight is 400 g/mol.